The Morgan fingerprint density at radius 3 is 2.58 bits per heavy atom. The summed E-state index contributed by atoms with van der Waals surface area (Å²) < 4.78 is 0. The molecule has 2 aromatic rings. The van der Waals surface area contributed by atoms with E-state index < -0.39 is 4.92 Å². The van der Waals surface area contributed by atoms with E-state index in [1.165, 1.54) is 6.07 Å². The van der Waals surface area contributed by atoms with Crippen LogP contribution in [0.25, 0.3) is 0 Å². The lowest BCUT2D eigenvalue weighted by Gasteiger charge is -2.32. The van der Waals surface area contributed by atoms with E-state index in [-0.39, 0.29) is 5.69 Å². The Hall–Kier alpha value is -3.01. The molecule has 0 unspecified atom stereocenters. The van der Waals surface area contributed by atoms with Crippen molar-refractivity contribution in [3.05, 3.63) is 57.5 Å². The second-order valence-corrected chi connectivity index (χ2v) is 5.88. The first-order valence-electron chi connectivity index (χ1n) is 7.81. The summed E-state index contributed by atoms with van der Waals surface area (Å²) in [5, 5.41) is 19.7. The summed E-state index contributed by atoms with van der Waals surface area (Å²) in [6.07, 6.45) is 3.50. The van der Waals surface area contributed by atoms with Crippen molar-refractivity contribution in [2.24, 2.45) is 0 Å². The number of nitriles is 1. The average Bonchev–Trinajstić information content (AvgIpc) is 2.61. The number of rotatable bonds is 3. The Labute approximate surface area is 139 Å². The van der Waals surface area contributed by atoms with E-state index in [1.807, 2.05) is 6.07 Å². The zero-order valence-corrected chi connectivity index (χ0v) is 13.3. The van der Waals surface area contributed by atoms with Gasteiger partial charge in [-0.15, -0.1) is 0 Å². The van der Waals surface area contributed by atoms with Crippen LogP contribution in [0.4, 0.5) is 11.5 Å². The molecular formula is C17H17N5O2. The zero-order chi connectivity index (χ0) is 17.1. The fourth-order valence-corrected chi connectivity index (χ4v) is 3.03. The summed E-state index contributed by atoms with van der Waals surface area (Å²) in [6, 6.07) is 9.04. The number of aryl methyl sites for hydroxylation is 1. The minimum Gasteiger partial charge on any atom is -0.357 e. The van der Waals surface area contributed by atoms with E-state index in [0.717, 1.165) is 37.4 Å². The standard InChI is InChI=1S/C17H17N5O2/c1-12-16(22(23)24)4-5-17(20-12)21-8-6-14(7-9-21)15-3-2-13(10-18)11-19-15/h2-5,11,14H,6-9H2,1H3. The Kier molecular flexibility index (Phi) is 4.38. The molecule has 122 valence electrons. The molecule has 0 amide bonds. The Morgan fingerprint density at radius 2 is 2.04 bits per heavy atom. The SMILES string of the molecule is Cc1nc(N2CCC(c3ccc(C#N)cn3)CC2)ccc1[N+](=O)[O-]. The Bertz CT molecular complexity index is 790. The maximum Gasteiger partial charge on any atom is 0.290 e. The Morgan fingerprint density at radius 1 is 1.29 bits per heavy atom. The molecule has 0 bridgehead atoms. The van der Waals surface area contributed by atoms with E-state index in [9.17, 15) is 10.1 Å². The minimum absolute atomic E-state index is 0.0513. The van der Waals surface area contributed by atoms with Gasteiger partial charge in [0.2, 0.25) is 0 Å². The van der Waals surface area contributed by atoms with Crippen molar-refractivity contribution in [2.45, 2.75) is 25.7 Å². The summed E-state index contributed by atoms with van der Waals surface area (Å²) in [5.74, 6) is 1.15. The zero-order valence-electron chi connectivity index (χ0n) is 13.3. The fraction of sp³-hybridized carbons (Fsp3) is 0.353. The van der Waals surface area contributed by atoms with Gasteiger partial charge in [-0.25, -0.2) is 4.98 Å². The summed E-state index contributed by atoms with van der Waals surface area (Å²) in [6.45, 7) is 3.32. The molecule has 1 aliphatic heterocycles. The molecule has 7 heteroatoms. The number of pyridine rings is 2. The van der Waals surface area contributed by atoms with Gasteiger partial charge < -0.3 is 4.90 Å². The monoisotopic (exact) mass is 323 g/mol. The number of piperidine rings is 1. The lowest BCUT2D eigenvalue weighted by atomic mass is 9.93. The van der Waals surface area contributed by atoms with Crippen molar-refractivity contribution in [1.82, 2.24) is 9.97 Å². The van der Waals surface area contributed by atoms with Gasteiger partial charge in [0, 0.05) is 37.0 Å². The minimum atomic E-state index is -0.408. The van der Waals surface area contributed by atoms with Crippen LogP contribution in [0.5, 0.6) is 0 Å². The molecule has 1 saturated heterocycles. The topological polar surface area (TPSA) is 96.0 Å². The molecule has 1 aliphatic rings. The van der Waals surface area contributed by atoms with Crippen LogP contribution in [0.3, 0.4) is 0 Å². The van der Waals surface area contributed by atoms with Crippen molar-refractivity contribution in [3.8, 4) is 6.07 Å². The van der Waals surface area contributed by atoms with Gasteiger partial charge in [-0.1, -0.05) is 0 Å². The summed E-state index contributed by atoms with van der Waals surface area (Å²) in [4.78, 5) is 21.4. The first kappa shape index (κ1) is 15.9. The maximum absolute atomic E-state index is 10.9. The second-order valence-electron chi connectivity index (χ2n) is 5.88. The molecule has 0 aliphatic carbocycles. The van der Waals surface area contributed by atoms with Gasteiger partial charge in [-0.05, 0) is 38.0 Å². The largest absolute Gasteiger partial charge is 0.357 e. The average molecular weight is 323 g/mol. The second kappa shape index (κ2) is 6.62. The van der Waals surface area contributed by atoms with E-state index in [1.54, 1.807) is 25.3 Å². The van der Waals surface area contributed by atoms with Crippen LogP contribution in [0.15, 0.2) is 30.5 Å². The third-order valence-corrected chi connectivity index (χ3v) is 4.39. The maximum atomic E-state index is 10.9. The number of hydrogen-bond donors (Lipinski definition) is 0. The van der Waals surface area contributed by atoms with Crippen molar-refractivity contribution < 1.29 is 4.92 Å². The van der Waals surface area contributed by atoms with Crippen LogP contribution in [0, 0.1) is 28.4 Å². The number of hydrogen-bond acceptors (Lipinski definition) is 6. The molecule has 0 radical (unpaired) electrons. The van der Waals surface area contributed by atoms with Gasteiger partial charge in [-0.2, -0.15) is 5.26 Å². The van der Waals surface area contributed by atoms with Crippen LogP contribution in [-0.2, 0) is 0 Å². The van der Waals surface area contributed by atoms with Gasteiger partial charge in [0.05, 0.1) is 10.5 Å². The van der Waals surface area contributed by atoms with Gasteiger partial charge >= 0.3 is 0 Å². The smallest absolute Gasteiger partial charge is 0.290 e. The number of anilines is 1. The molecule has 7 nitrogen and oxygen atoms in total. The predicted molar refractivity (Wildman–Crippen MR) is 88.8 cm³/mol. The van der Waals surface area contributed by atoms with E-state index in [0.29, 0.717) is 17.2 Å². The van der Waals surface area contributed by atoms with Crippen LogP contribution >= 0.6 is 0 Å². The molecule has 1 fully saturated rings. The lowest BCUT2D eigenvalue weighted by Crippen LogP contribution is -2.33. The molecule has 3 heterocycles. The molecule has 0 saturated carbocycles. The molecule has 2 aromatic heterocycles. The van der Waals surface area contributed by atoms with Crippen molar-refractivity contribution in [2.75, 3.05) is 18.0 Å². The van der Waals surface area contributed by atoms with Gasteiger partial charge in [0.25, 0.3) is 5.69 Å². The molecule has 0 atom stereocenters. The highest BCUT2D eigenvalue weighted by molar-refractivity contribution is 5.47. The quantitative estimate of drug-likeness (QED) is 0.636. The van der Waals surface area contributed by atoms with Gasteiger partial charge in [0.1, 0.15) is 17.6 Å². The molecular weight excluding hydrogens is 306 g/mol. The molecule has 0 N–H and O–H groups in total. The third-order valence-electron chi connectivity index (χ3n) is 4.39. The highest BCUT2D eigenvalue weighted by atomic mass is 16.6. The summed E-state index contributed by atoms with van der Waals surface area (Å²) in [7, 11) is 0. The third kappa shape index (κ3) is 3.18. The van der Waals surface area contributed by atoms with Crippen molar-refractivity contribution in [3.63, 3.8) is 0 Å². The van der Waals surface area contributed by atoms with Crippen molar-refractivity contribution in [1.29, 1.82) is 5.26 Å². The molecule has 0 spiro atoms. The number of nitrogens with zero attached hydrogens (tertiary/aromatic N) is 5. The Balaban J connectivity index is 1.67. The molecule has 0 aromatic carbocycles. The van der Waals surface area contributed by atoms with E-state index in [4.69, 9.17) is 5.26 Å². The summed E-state index contributed by atoms with van der Waals surface area (Å²) >= 11 is 0. The number of nitro groups is 1. The predicted octanol–water partition coefficient (Wildman–Crippen LogP) is 2.95. The lowest BCUT2D eigenvalue weighted by molar-refractivity contribution is -0.385. The van der Waals surface area contributed by atoms with Crippen LogP contribution in [0.2, 0.25) is 0 Å². The fourth-order valence-electron chi connectivity index (χ4n) is 3.03. The first-order chi connectivity index (χ1) is 11.6. The van der Waals surface area contributed by atoms with Crippen LogP contribution in [-0.4, -0.2) is 28.0 Å². The van der Waals surface area contributed by atoms with Crippen LogP contribution in [0.1, 0.15) is 35.7 Å². The van der Waals surface area contributed by atoms with Gasteiger partial charge in [-0.3, -0.25) is 15.1 Å². The normalized spacial score (nSPS) is 15.1. The molecule has 24 heavy (non-hydrogen) atoms. The number of aromatic nitrogens is 2. The van der Waals surface area contributed by atoms with Crippen molar-refractivity contribution >= 4 is 11.5 Å². The highest BCUT2D eigenvalue weighted by Crippen LogP contribution is 2.29. The highest BCUT2D eigenvalue weighted by Gasteiger charge is 2.23. The van der Waals surface area contributed by atoms with Gasteiger partial charge in [0.15, 0.2) is 0 Å². The summed E-state index contributed by atoms with van der Waals surface area (Å²) in [5.41, 5.74) is 2.08. The van der Waals surface area contributed by atoms with E-state index in [2.05, 4.69) is 20.9 Å². The van der Waals surface area contributed by atoms with E-state index >= 15 is 0 Å². The molecule has 3 rings (SSSR count). The first-order valence-corrected chi connectivity index (χ1v) is 7.81. The van der Waals surface area contributed by atoms with Crippen LogP contribution < -0.4 is 4.90 Å².